The van der Waals surface area contributed by atoms with Gasteiger partial charge in [-0.25, -0.2) is 13.3 Å². The second-order valence-corrected chi connectivity index (χ2v) is 11.8. The summed E-state index contributed by atoms with van der Waals surface area (Å²) in [4.78, 5) is 0.104. The lowest BCUT2D eigenvalue weighted by atomic mass is 9.98. The molecule has 36 heavy (non-hydrogen) atoms. The van der Waals surface area contributed by atoms with E-state index >= 15 is 0 Å². The lowest BCUT2D eigenvalue weighted by molar-refractivity contribution is -0.137. The third kappa shape index (κ3) is 5.52. The van der Waals surface area contributed by atoms with E-state index in [1.165, 1.54) is 19.2 Å². The number of hydrogen-bond acceptors (Lipinski definition) is 3. The fraction of sp³-hybridized carbons (Fsp3) is 0.400. The largest absolute Gasteiger partial charge is 0.495 e. The molecule has 2 aromatic carbocycles. The molecule has 194 valence electrons. The number of methoxy groups -OCH3 is 1. The molecule has 1 aliphatic carbocycles. The summed E-state index contributed by atoms with van der Waals surface area (Å²) in [5, 5.41) is 4.60. The van der Waals surface area contributed by atoms with Crippen molar-refractivity contribution in [1.29, 1.82) is 0 Å². The maximum atomic E-state index is 14.3. The molecule has 1 saturated carbocycles. The maximum Gasteiger partial charge on any atom is 0.416 e. The monoisotopic (exact) mass is 587 g/mol. The molecule has 0 amide bonds. The fourth-order valence-corrected chi connectivity index (χ4v) is 5.69. The Kier molecular flexibility index (Phi) is 7.38. The van der Waals surface area contributed by atoms with Crippen LogP contribution in [0.15, 0.2) is 52.0 Å². The summed E-state index contributed by atoms with van der Waals surface area (Å²) in [6.07, 6.45) is -1.10. The van der Waals surface area contributed by atoms with E-state index in [-0.39, 0.29) is 16.6 Å². The molecule has 5 nitrogen and oxygen atoms in total. The Hall–Kier alpha value is -2.24. The third-order valence-electron chi connectivity index (χ3n) is 5.97. The second-order valence-electron chi connectivity index (χ2n) is 9.72. The average molecular weight is 588 g/mol. The van der Waals surface area contributed by atoms with Crippen molar-refractivity contribution in [1.82, 2.24) is 14.5 Å². The molecule has 1 aromatic heterocycles. The van der Waals surface area contributed by atoms with E-state index in [2.05, 4.69) is 25.8 Å². The van der Waals surface area contributed by atoms with E-state index in [9.17, 15) is 21.8 Å². The number of rotatable bonds is 7. The minimum atomic E-state index is -4.55. The van der Waals surface area contributed by atoms with E-state index in [0.717, 1.165) is 36.6 Å². The fourth-order valence-electron chi connectivity index (χ4n) is 4.06. The van der Waals surface area contributed by atoms with Crippen LogP contribution in [0.2, 0.25) is 0 Å². The van der Waals surface area contributed by atoms with Gasteiger partial charge >= 0.3 is 6.18 Å². The minimum absolute atomic E-state index is 0.104. The zero-order valence-corrected chi connectivity index (χ0v) is 22.5. The van der Waals surface area contributed by atoms with Gasteiger partial charge in [0, 0.05) is 15.6 Å². The number of nitrogens with one attached hydrogen (secondary N) is 1. The molecule has 1 heterocycles. The van der Waals surface area contributed by atoms with Gasteiger partial charge in [-0.1, -0.05) is 15.9 Å². The lowest BCUT2D eigenvalue weighted by Gasteiger charge is -2.25. The van der Waals surface area contributed by atoms with Crippen molar-refractivity contribution in [3.05, 3.63) is 64.0 Å². The zero-order chi connectivity index (χ0) is 26.4. The quantitative estimate of drug-likeness (QED) is 0.303. The zero-order valence-electron chi connectivity index (χ0n) is 20.1. The van der Waals surface area contributed by atoms with Crippen LogP contribution in [0.3, 0.4) is 0 Å². The highest BCUT2D eigenvalue weighted by molar-refractivity contribution is 9.10. The van der Waals surface area contributed by atoms with Crippen LogP contribution in [0.1, 0.15) is 50.8 Å². The number of halogens is 5. The molecule has 1 N–H and O–H groups in total. The Labute approximate surface area is 217 Å². The SMILES string of the molecule is COc1cc(C(F)(F)F)ccc1S(=O)N[C@@H](c1cnn(C(C)(C)C)c1-c1cc(F)ccc1Br)C1CC1. The first kappa shape index (κ1) is 26.8. The van der Waals surface area contributed by atoms with Crippen LogP contribution >= 0.6 is 15.9 Å². The summed E-state index contributed by atoms with van der Waals surface area (Å²) >= 11 is 3.52. The standard InChI is InChI=1S/C25H26BrF4N3O2S/c1-24(2,3)33-23(17-12-16(27)8-9-19(17)26)18(13-31-33)22(14-5-6-14)32-36(34)21-10-7-15(25(28,29)30)11-20(21)35-4/h7-14,22,32H,5-6H2,1-4H3/t22-,36?/m1/s1. The first-order chi connectivity index (χ1) is 16.8. The first-order valence-corrected chi connectivity index (χ1v) is 13.2. The van der Waals surface area contributed by atoms with Crippen molar-refractivity contribution in [2.24, 2.45) is 5.92 Å². The predicted molar refractivity (Wildman–Crippen MR) is 133 cm³/mol. The van der Waals surface area contributed by atoms with E-state index in [1.54, 1.807) is 16.9 Å². The molecule has 1 fully saturated rings. The number of benzene rings is 2. The predicted octanol–water partition coefficient (Wildman–Crippen LogP) is 7.00. The van der Waals surface area contributed by atoms with Crippen LogP contribution in [-0.2, 0) is 22.7 Å². The van der Waals surface area contributed by atoms with Crippen molar-refractivity contribution in [2.75, 3.05) is 7.11 Å². The highest BCUT2D eigenvalue weighted by Gasteiger charge is 2.38. The van der Waals surface area contributed by atoms with Gasteiger partial charge in [-0.05, 0) is 75.9 Å². The number of nitrogens with zero attached hydrogens (tertiary/aromatic N) is 2. The number of ether oxygens (including phenoxy) is 1. The molecule has 11 heteroatoms. The van der Waals surface area contributed by atoms with Gasteiger partial charge in [0.05, 0.1) is 41.0 Å². The van der Waals surface area contributed by atoms with E-state index < -0.39 is 40.1 Å². The molecule has 0 saturated heterocycles. The Morgan fingerprint density at radius 2 is 1.86 bits per heavy atom. The molecule has 1 aliphatic rings. The molecule has 4 rings (SSSR count). The second kappa shape index (κ2) is 9.90. The Morgan fingerprint density at radius 3 is 2.44 bits per heavy atom. The van der Waals surface area contributed by atoms with Gasteiger partial charge in [0.2, 0.25) is 0 Å². The number of alkyl halides is 3. The van der Waals surface area contributed by atoms with Crippen molar-refractivity contribution in [2.45, 2.75) is 56.3 Å². The van der Waals surface area contributed by atoms with Crippen LogP contribution in [0, 0.1) is 11.7 Å². The van der Waals surface area contributed by atoms with Gasteiger partial charge < -0.3 is 4.74 Å². The molecule has 0 aliphatic heterocycles. The summed E-state index contributed by atoms with van der Waals surface area (Å²) in [5.74, 6) is -0.392. The van der Waals surface area contributed by atoms with Crippen molar-refractivity contribution >= 4 is 26.9 Å². The van der Waals surface area contributed by atoms with Crippen molar-refractivity contribution < 1.29 is 26.5 Å². The molecular formula is C25H26BrF4N3O2S. The number of hydrogen-bond donors (Lipinski definition) is 1. The Morgan fingerprint density at radius 1 is 1.17 bits per heavy atom. The molecule has 1 unspecified atom stereocenters. The maximum absolute atomic E-state index is 14.3. The van der Waals surface area contributed by atoms with Gasteiger partial charge in [0.1, 0.15) is 22.6 Å². The third-order valence-corrected chi connectivity index (χ3v) is 7.87. The van der Waals surface area contributed by atoms with E-state index in [1.807, 2.05) is 20.8 Å². The molecule has 0 spiro atoms. The summed E-state index contributed by atoms with van der Waals surface area (Å²) < 4.78 is 77.9. The molecule has 0 radical (unpaired) electrons. The summed E-state index contributed by atoms with van der Waals surface area (Å²) in [6.45, 7) is 5.93. The molecule has 0 bridgehead atoms. The van der Waals surface area contributed by atoms with Crippen LogP contribution in [0.4, 0.5) is 17.6 Å². The smallest absolute Gasteiger partial charge is 0.416 e. The van der Waals surface area contributed by atoms with Crippen LogP contribution in [0.25, 0.3) is 11.3 Å². The van der Waals surface area contributed by atoms with Gasteiger partial charge in [0.25, 0.3) is 0 Å². The van der Waals surface area contributed by atoms with Gasteiger partial charge in [-0.3, -0.25) is 4.68 Å². The topological polar surface area (TPSA) is 56.1 Å². The van der Waals surface area contributed by atoms with Crippen LogP contribution in [0.5, 0.6) is 5.75 Å². The van der Waals surface area contributed by atoms with Crippen molar-refractivity contribution in [3.8, 4) is 17.0 Å². The summed E-state index contributed by atoms with van der Waals surface area (Å²) in [7, 11) is -0.655. The highest BCUT2D eigenvalue weighted by atomic mass is 79.9. The van der Waals surface area contributed by atoms with Gasteiger partial charge in [0.15, 0.2) is 0 Å². The van der Waals surface area contributed by atoms with Gasteiger partial charge in [-0.15, -0.1) is 0 Å². The molecule has 3 aromatic rings. The van der Waals surface area contributed by atoms with Gasteiger partial charge in [-0.2, -0.15) is 18.3 Å². The lowest BCUT2D eigenvalue weighted by Crippen LogP contribution is -2.28. The van der Waals surface area contributed by atoms with Crippen LogP contribution < -0.4 is 9.46 Å². The number of aromatic nitrogens is 2. The summed E-state index contributed by atoms with van der Waals surface area (Å²) in [5.41, 5.74) is 0.683. The highest BCUT2D eigenvalue weighted by Crippen LogP contribution is 2.46. The Balaban J connectivity index is 1.78. The molecule has 2 atom stereocenters. The van der Waals surface area contributed by atoms with Crippen LogP contribution in [-0.4, -0.2) is 21.1 Å². The summed E-state index contributed by atoms with van der Waals surface area (Å²) in [6, 6.07) is 6.86. The van der Waals surface area contributed by atoms with E-state index in [0.29, 0.717) is 15.7 Å². The van der Waals surface area contributed by atoms with E-state index in [4.69, 9.17) is 4.74 Å². The molecular weight excluding hydrogens is 562 g/mol. The minimum Gasteiger partial charge on any atom is -0.495 e. The Bertz CT molecular complexity index is 1300. The van der Waals surface area contributed by atoms with Crippen molar-refractivity contribution in [3.63, 3.8) is 0 Å². The first-order valence-electron chi connectivity index (χ1n) is 11.3. The average Bonchev–Trinajstić information content (AvgIpc) is 3.54. The normalized spacial score (nSPS) is 16.1.